The summed E-state index contributed by atoms with van der Waals surface area (Å²) in [5.41, 5.74) is 3.54. The van der Waals surface area contributed by atoms with Gasteiger partial charge < -0.3 is 9.80 Å². The van der Waals surface area contributed by atoms with Crippen molar-refractivity contribution in [3.05, 3.63) is 59.8 Å². The summed E-state index contributed by atoms with van der Waals surface area (Å²) >= 11 is 0. The zero-order valence-corrected chi connectivity index (χ0v) is 16.3. The van der Waals surface area contributed by atoms with Crippen LogP contribution in [0.4, 0.5) is 5.69 Å². The third-order valence-corrected chi connectivity index (χ3v) is 5.22. The zero-order valence-electron chi connectivity index (χ0n) is 15.5. The maximum atomic E-state index is 10.7. The van der Waals surface area contributed by atoms with Crippen LogP contribution in [0, 0.1) is 0 Å². The molecule has 26 heavy (non-hydrogen) atoms. The maximum absolute atomic E-state index is 10.7. The summed E-state index contributed by atoms with van der Waals surface area (Å²) < 4.78 is 30.1. The first-order chi connectivity index (χ1) is 12.4. The summed E-state index contributed by atoms with van der Waals surface area (Å²) in [5.74, 6) is -0.165. The average Bonchev–Trinajstić information content (AvgIpc) is 2.63. The summed E-state index contributed by atoms with van der Waals surface area (Å²) in [6.07, 6.45) is 11.7. The Morgan fingerprint density at radius 1 is 1.19 bits per heavy atom. The molecule has 0 aromatic heterocycles. The van der Waals surface area contributed by atoms with Crippen LogP contribution in [0.3, 0.4) is 0 Å². The van der Waals surface area contributed by atoms with Crippen molar-refractivity contribution in [3.8, 4) is 0 Å². The van der Waals surface area contributed by atoms with Gasteiger partial charge in [0.05, 0.1) is 5.75 Å². The first-order valence-electron chi connectivity index (χ1n) is 8.94. The molecule has 0 fully saturated rings. The molecule has 1 N–H and O–H groups in total. The summed E-state index contributed by atoms with van der Waals surface area (Å²) in [4.78, 5) is 4.33. The highest BCUT2D eigenvalue weighted by molar-refractivity contribution is 7.85. The second-order valence-electron chi connectivity index (χ2n) is 6.45. The highest BCUT2D eigenvalue weighted by Crippen LogP contribution is 2.16. The first kappa shape index (κ1) is 20.3. The van der Waals surface area contributed by atoms with Crippen molar-refractivity contribution < 1.29 is 13.0 Å². The number of hydrogen-bond donors (Lipinski definition) is 1. The molecule has 1 aliphatic rings. The third kappa shape index (κ3) is 7.06. The SMILES string of the molecule is CCN(C)c1ccc(/C=C/C2=CCN(CCCCS(=O)(=O)O)C=C2)cc1. The van der Waals surface area contributed by atoms with Gasteiger partial charge in [0.2, 0.25) is 0 Å². The minimum absolute atomic E-state index is 0.165. The molecule has 0 amide bonds. The fourth-order valence-corrected chi connectivity index (χ4v) is 3.22. The van der Waals surface area contributed by atoms with Crippen LogP contribution in [-0.4, -0.2) is 50.3 Å². The molecule has 1 heterocycles. The van der Waals surface area contributed by atoms with E-state index in [0.29, 0.717) is 6.42 Å². The Morgan fingerprint density at radius 3 is 2.50 bits per heavy atom. The Balaban J connectivity index is 1.78. The van der Waals surface area contributed by atoms with Gasteiger partial charge in [-0.2, -0.15) is 8.42 Å². The molecule has 0 unspecified atom stereocenters. The number of nitrogens with zero attached hydrogens (tertiary/aromatic N) is 2. The van der Waals surface area contributed by atoms with Gasteiger partial charge in [0.25, 0.3) is 10.1 Å². The lowest BCUT2D eigenvalue weighted by molar-refractivity contribution is 0.398. The largest absolute Gasteiger partial charge is 0.375 e. The molecule has 1 aliphatic heterocycles. The smallest absolute Gasteiger partial charge is 0.264 e. The Morgan fingerprint density at radius 2 is 1.92 bits per heavy atom. The van der Waals surface area contributed by atoms with Crippen molar-refractivity contribution in [1.82, 2.24) is 4.90 Å². The van der Waals surface area contributed by atoms with Crippen LogP contribution in [-0.2, 0) is 10.1 Å². The van der Waals surface area contributed by atoms with Crippen molar-refractivity contribution in [3.63, 3.8) is 0 Å². The Bertz CT molecular complexity index is 765. The van der Waals surface area contributed by atoms with E-state index in [4.69, 9.17) is 4.55 Å². The van der Waals surface area contributed by atoms with Gasteiger partial charge in [0, 0.05) is 32.4 Å². The minimum atomic E-state index is -3.84. The molecule has 0 bridgehead atoms. The number of anilines is 1. The number of rotatable bonds is 9. The second-order valence-corrected chi connectivity index (χ2v) is 8.02. The monoisotopic (exact) mass is 376 g/mol. The van der Waals surface area contributed by atoms with E-state index in [2.05, 4.69) is 72.3 Å². The first-order valence-corrected chi connectivity index (χ1v) is 10.5. The van der Waals surface area contributed by atoms with Crippen molar-refractivity contribution in [2.75, 3.05) is 37.3 Å². The van der Waals surface area contributed by atoms with Crippen molar-refractivity contribution in [2.24, 2.45) is 0 Å². The van der Waals surface area contributed by atoms with Crippen LogP contribution in [0.5, 0.6) is 0 Å². The van der Waals surface area contributed by atoms with E-state index in [1.54, 1.807) is 0 Å². The Labute approximate surface area is 157 Å². The van der Waals surface area contributed by atoms with E-state index in [1.165, 1.54) is 11.3 Å². The maximum Gasteiger partial charge on any atom is 0.264 e. The number of allylic oxidation sites excluding steroid dienone is 3. The Hall–Kier alpha value is -2.05. The summed E-state index contributed by atoms with van der Waals surface area (Å²) in [6.45, 7) is 4.71. The highest BCUT2D eigenvalue weighted by atomic mass is 32.2. The molecule has 2 rings (SSSR count). The lowest BCUT2D eigenvalue weighted by atomic mass is 10.1. The van der Waals surface area contributed by atoms with Crippen LogP contribution in [0.25, 0.3) is 6.08 Å². The van der Waals surface area contributed by atoms with Crippen LogP contribution in [0.15, 0.2) is 54.3 Å². The summed E-state index contributed by atoms with van der Waals surface area (Å²) in [6, 6.07) is 8.49. The van der Waals surface area contributed by atoms with E-state index in [-0.39, 0.29) is 5.75 Å². The molecule has 0 atom stereocenters. The standard InChI is InChI=1S/C20H28N2O3S/c1-3-21(2)20-10-8-18(9-11-20)6-7-19-12-15-22(16-13-19)14-4-5-17-26(23,24)25/h6-13,15H,3-5,14,16-17H2,1-2H3,(H,23,24,25)/b7-6+. The molecule has 0 saturated carbocycles. The van der Waals surface area contributed by atoms with Gasteiger partial charge in [-0.05, 0) is 55.3 Å². The summed E-state index contributed by atoms with van der Waals surface area (Å²) in [7, 11) is -1.76. The molecule has 0 radical (unpaired) electrons. The molecule has 6 heteroatoms. The molecule has 0 aliphatic carbocycles. The zero-order chi connectivity index (χ0) is 19.0. The molecule has 0 spiro atoms. The van der Waals surface area contributed by atoms with Crippen molar-refractivity contribution in [1.29, 1.82) is 0 Å². The van der Waals surface area contributed by atoms with Gasteiger partial charge in [-0.3, -0.25) is 4.55 Å². The summed E-state index contributed by atoms with van der Waals surface area (Å²) in [5, 5.41) is 0. The quantitative estimate of drug-likeness (QED) is 0.527. The van der Waals surface area contributed by atoms with E-state index in [0.717, 1.165) is 31.6 Å². The topological polar surface area (TPSA) is 60.9 Å². The van der Waals surface area contributed by atoms with E-state index in [9.17, 15) is 8.42 Å². The van der Waals surface area contributed by atoms with Gasteiger partial charge >= 0.3 is 0 Å². The van der Waals surface area contributed by atoms with Gasteiger partial charge in [0.1, 0.15) is 0 Å². The van der Waals surface area contributed by atoms with E-state index < -0.39 is 10.1 Å². The molecule has 1 aromatic rings. The van der Waals surface area contributed by atoms with Crippen LogP contribution in [0.2, 0.25) is 0 Å². The molecule has 1 aromatic carbocycles. The molecular weight excluding hydrogens is 348 g/mol. The molecular formula is C20H28N2O3S. The fraction of sp³-hybridized carbons (Fsp3) is 0.400. The van der Waals surface area contributed by atoms with E-state index >= 15 is 0 Å². The molecule has 142 valence electrons. The number of hydrogen-bond acceptors (Lipinski definition) is 4. The lowest BCUT2D eigenvalue weighted by Crippen LogP contribution is -2.21. The van der Waals surface area contributed by atoms with Crippen LogP contribution >= 0.6 is 0 Å². The minimum Gasteiger partial charge on any atom is -0.375 e. The predicted octanol–water partition coefficient (Wildman–Crippen LogP) is 3.58. The van der Waals surface area contributed by atoms with Gasteiger partial charge in [-0.1, -0.05) is 30.4 Å². The second kappa shape index (κ2) is 9.59. The lowest BCUT2D eigenvalue weighted by Gasteiger charge is -2.21. The molecule has 0 saturated heterocycles. The highest BCUT2D eigenvalue weighted by Gasteiger charge is 2.06. The van der Waals surface area contributed by atoms with Crippen LogP contribution in [0.1, 0.15) is 25.3 Å². The number of benzene rings is 1. The van der Waals surface area contributed by atoms with Gasteiger partial charge in [0.15, 0.2) is 0 Å². The van der Waals surface area contributed by atoms with Gasteiger partial charge in [-0.15, -0.1) is 0 Å². The molecule has 5 nitrogen and oxygen atoms in total. The van der Waals surface area contributed by atoms with Crippen LogP contribution < -0.4 is 4.90 Å². The van der Waals surface area contributed by atoms with Crippen molar-refractivity contribution in [2.45, 2.75) is 19.8 Å². The third-order valence-electron chi connectivity index (χ3n) is 4.41. The average molecular weight is 377 g/mol. The fourth-order valence-electron chi connectivity index (χ4n) is 2.65. The van der Waals surface area contributed by atoms with E-state index in [1.807, 2.05) is 6.20 Å². The van der Waals surface area contributed by atoms with Crippen molar-refractivity contribution >= 4 is 21.9 Å². The number of unbranched alkanes of at least 4 members (excludes halogenated alkanes) is 1. The Kier molecular flexibility index (Phi) is 7.48. The van der Waals surface area contributed by atoms with Gasteiger partial charge in [-0.25, -0.2) is 0 Å². The predicted molar refractivity (Wildman–Crippen MR) is 109 cm³/mol. The normalized spacial score (nSPS) is 14.7.